The Balaban J connectivity index is 2.17. The van der Waals surface area contributed by atoms with Gasteiger partial charge in [-0.15, -0.1) is 11.3 Å². The standard InChI is InChI=1S/C11H13N3S/c1-6-5-8-9(12)13-10(7-3-2-4-7)14-11(8)15-6/h5,7H,2-4H2,1H3,(H2,12,13,14). The highest BCUT2D eigenvalue weighted by Gasteiger charge is 2.23. The molecule has 2 aromatic rings. The Morgan fingerprint density at radius 2 is 2.20 bits per heavy atom. The quantitative estimate of drug-likeness (QED) is 0.802. The molecule has 0 aliphatic heterocycles. The molecule has 4 heteroatoms. The van der Waals surface area contributed by atoms with Crippen LogP contribution in [-0.4, -0.2) is 9.97 Å². The Bertz CT molecular complexity index is 514. The maximum absolute atomic E-state index is 5.94. The lowest BCUT2D eigenvalue weighted by atomic mass is 9.85. The van der Waals surface area contributed by atoms with Crippen molar-refractivity contribution in [2.75, 3.05) is 5.73 Å². The molecule has 0 aromatic carbocycles. The van der Waals surface area contributed by atoms with E-state index in [0.29, 0.717) is 11.7 Å². The van der Waals surface area contributed by atoms with Crippen molar-refractivity contribution in [1.29, 1.82) is 0 Å². The maximum Gasteiger partial charge on any atom is 0.135 e. The molecule has 0 unspecified atom stereocenters. The van der Waals surface area contributed by atoms with Gasteiger partial charge in [0.1, 0.15) is 16.5 Å². The zero-order valence-electron chi connectivity index (χ0n) is 8.66. The summed E-state index contributed by atoms with van der Waals surface area (Å²) in [5.74, 6) is 2.15. The third kappa shape index (κ3) is 1.40. The van der Waals surface area contributed by atoms with Gasteiger partial charge < -0.3 is 5.73 Å². The second kappa shape index (κ2) is 3.17. The summed E-state index contributed by atoms with van der Waals surface area (Å²) in [5, 5.41) is 1.01. The SMILES string of the molecule is Cc1cc2c(N)nc(C3CCC3)nc2s1. The van der Waals surface area contributed by atoms with Gasteiger partial charge in [0.05, 0.1) is 5.39 Å². The topological polar surface area (TPSA) is 51.8 Å². The highest BCUT2D eigenvalue weighted by molar-refractivity contribution is 7.18. The molecular weight excluding hydrogens is 206 g/mol. The number of fused-ring (bicyclic) bond motifs is 1. The molecule has 15 heavy (non-hydrogen) atoms. The first-order valence-electron chi connectivity index (χ1n) is 5.27. The summed E-state index contributed by atoms with van der Waals surface area (Å²) in [7, 11) is 0. The predicted molar refractivity (Wildman–Crippen MR) is 63.2 cm³/mol. The van der Waals surface area contributed by atoms with Gasteiger partial charge in [-0.3, -0.25) is 0 Å². The molecule has 0 atom stereocenters. The molecule has 2 N–H and O–H groups in total. The minimum absolute atomic E-state index is 0.555. The number of aromatic nitrogens is 2. The van der Waals surface area contributed by atoms with E-state index < -0.39 is 0 Å². The molecule has 0 bridgehead atoms. The minimum Gasteiger partial charge on any atom is -0.383 e. The molecule has 1 fully saturated rings. The van der Waals surface area contributed by atoms with Gasteiger partial charge in [-0.1, -0.05) is 6.42 Å². The first-order valence-corrected chi connectivity index (χ1v) is 6.09. The van der Waals surface area contributed by atoms with Crippen LogP contribution < -0.4 is 5.73 Å². The van der Waals surface area contributed by atoms with Crippen LogP contribution in [0.1, 0.15) is 35.9 Å². The largest absolute Gasteiger partial charge is 0.383 e. The number of thiophene rings is 1. The Morgan fingerprint density at radius 3 is 2.87 bits per heavy atom. The van der Waals surface area contributed by atoms with Gasteiger partial charge in [-0.25, -0.2) is 9.97 Å². The lowest BCUT2D eigenvalue weighted by Gasteiger charge is -2.23. The number of hydrogen-bond donors (Lipinski definition) is 1. The van der Waals surface area contributed by atoms with Gasteiger partial charge in [0.2, 0.25) is 0 Å². The smallest absolute Gasteiger partial charge is 0.135 e. The molecule has 2 aromatic heterocycles. The summed E-state index contributed by atoms with van der Waals surface area (Å²) in [4.78, 5) is 11.3. The van der Waals surface area contributed by atoms with Crippen molar-refractivity contribution in [2.45, 2.75) is 32.1 Å². The van der Waals surface area contributed by atoms with E-state index in [2.05, 4.69) is 23.0 Å². The third-order valence-electron chi connectivity index (χ3n) is 3.03. The van der Waals surface area contributed by atoms with E-state index in [-0.39, 0.29) is 0 Å². The minimum atomic E-state index is 0.555. The third-order valence-corrected chi connectivity index (χ3v) is 3.98. The van der Waals surface area contributed by atoms with Crippen molar-refractivity contribution in [3.05, 3.63) is 16.8 Å². The lowest BCUT2D eigenvalue weighted by Crippen LogP contribution is -2.13. The van der Waals surface area contributed by atoms with Gasteiger partial charge in [-0.05, 0) is 25.8 Å². The molecular formula is C11H13N3S. The molecule has 0 spiro atoms. The molecule has 0 saturated heterocycles. The molecule has 2 heterocycles. The van der Waals surface area contributed by atoms with Gasteiger partial charge in [-0.2, -0.15) is 0 Å². The number of rotatable bonds is 1. The van der Waals surface area contributed by atoms with Crippen LogP contribution in [-0.2, 0) is 0 Å². The molecule has 3 rings (SSSR count). The van der Waals surface area contributed by atoms with Gasteiger partial charge in [0.15, 0.2) is 0 Å². The Hall–Kier alpha value is -1.16. The average Bonchev–Trinajstić information content (AvgIpc) is 2.42. The van der Waals surface area contributed by atoms with Crippen molar-refractivity contribution in [3.8, 4) is 0 Å². The first-order chi connectivity index (χ1) is 7.24. The van der Waals surface area contributed by atoms with E-state index in [9.17, 15) is 0 Å². The van der Waals surface area contributed by atoms with Crippen LogP contribution in [0, 0.1) is 6.92 Å². The van der Waals surface area contributed by atoms with Gasteiger partial charge in [0.25, 0.3) is 0 Å². The van der Waals surface area contributed by atoms with Crippen LogP contribution >= 0.6 is 11.3 Å². The highest BCUT2D eigenvalue weighted by Crippen LogP contribution is 2.36. The predicted octanol–water partition coefficient (Wildman–Crippen LogP) is 2.85. The lowest BCUT2D eigenvalue weighted by molar-refractivity contribution is 0.403. The fraction of sp³-hybridized carbons (Fsp3) is 0.455. The van der Waals surface area contributed by atoms with E-state index in [1.165, 1.54) is 24.1 Å². The summed E-state index contributed by atoms with van der Waals surface area (Å²) in [6.45, 7) is 2.08. The fourth-order valence-corrected chi connectivity index (χ4v) is 2.82. The average molecular weight is 219 g/mol. The molecule has 78 valence electrons. The van der Waals surface area contributed by atoms with Gasteiger partial charge >= 0.3 is 0 Å². The van der Waals surface area contributed by atoms with Crippen molar-refractivity contribution < 1.29 is 0 Å². The second-order valence-electron chi connectivity index (χ2n) is 4.17. The maximum atomic E-state index is 5.94. The number of aryl methyl sites for hydroxylation is 1. The summed E-state index contributed by atoms with van der Waals surface area (Å²) in [6, 6.07) is 2.07. The Kier molecular flexibility index (Phi) is 1.92. The monoisotopic (exact) mass is 219 g/mol. The van der Waals surface area contributed by atoms with Crippen LogP contribution in [0.4, 0.5) is 5.82 Å². The second-order valence-corrected chi connectivity index (χ2v) is 5.41. The van der Waals surface area contributed by atoms with Crippen molar-refractivity contribution in [3.63, 3.8) is 0 Å². The molecule has 1 aliphatic carbocycles. The Labute approximate surface area is 92.4 Å². The first kappa shape index (κ1) is 9.09. The molecule has 0 radical (unpaired) electrons. The Morgan fingerprint density at radius 1 is 1.40 bits per heavy atom. The van der Waals surface area contributed by atoms with Crippen LogP contribution in [0.5, 0.6) is 0 Å². The number of nitrogens with zero attached hydrogens (tertiary/aromatic N) is 2. The molecule has 3 nitrogen and oxygen atoms in total. The summed E-state index contributed by atoms with van der Waals surface area (Å²) in [6.07, 6.45) is 3.74. The van der Waals surface area contributed by atoms with Crippen molar-refractivity contribution in [1.82, 2.24) is 9.97 Å². The fourth-order valence-electron chi connectivity index (χ4n) is 1.93. The van der Waals surface area contributed by atoms with Crippen LogP contribution in [0.3, 0.4) is 0 Å². The zero-order chi connectivity index (χ0) is 10.4. The van der Waals surface area contributed by atoms with E-state index in [1.54, 1.807) is 11.3 Å². The normalized spacial score (nSPS) is 16.9. The van der Waals surface area contributed by atoms with E-state index >= 15 is 0 Å². The van der Waals surface area contributed by atoms with Crippen LogP contribution in [0.2, 0.25) is 0 Å². The van der Waals surface area contributed by atoms with Crippen LogP contribution in [0.15, 0.2) is 6.07 Å². The van der Waals surface area contributed by atoms with E-state index in [4.69, 9.17) is 5.73 Å². The van der Waals surface area contributed by atoms with Crippen molar-refractivity contribution >= 4 is 27.4 Å². The molecule has 0 amide bonds. The summed E-state index contributed by atoms with van der Waals surface area (Å²) >= 11 is 1.70. The summed E-state index contributed by atoms with van der Waals surface area (Å²) < 4.78 is 0. The number of anilines is 1. The number of hydrogen-bond acceptors (Lipinski definition) is 4. The van der Waals surface area contributed by atoms with E-state index in [0.717, 1.165) is 16.0 Å². The van der Waals surface area contributed by atoms with Gasteiger partial charge in [0, 0.05) is 10.8 Å². The van der Waals surface area contributed by atoms with Crippen LogP contribution in [0.25, 0.3) is 10.2 Å². The molecule has 1 aliphatic rings. The van der Waals surface area contributed by atoms with Crippen molar-refractivity contribution in [2.24, 2.45) is 0 Å². The number of nitrogens with two attached hydrogens (primary N) is 1. The highest BCUT2D eigenvalue weighted by atomic mass is 32.1. The molecule has 1 saturated carbocycles. The van der Waals surface area contributed by atoms with E-state index in [1.807, 2.05) is 0 Å². The number of nitrogen functional groups attached to an aromatic ring is 1. The zero-order valence-corrected chi connectivity index (χ0v) is 9.47. The summed E-state index contributed by atoms with van der Waals surface area (Å²) in [5.41, 5.74) is 5.94.